The first-order valence-electron chi connectivity index (χ1n) is 5.19. The van der Waals surface area contributed by atoms with Gasteiger partial charge in [0, 0.05) is 5.69 Å². The number of halogens is 2. The number of rotatable bonds is 3. The van der Waals surface area contributed by atoms with Crippen LogP contribution in [0.15, 0.2) is 22.7 Å². The average Bonchev–Trinajstić information content (AvgIpc) is 2.82. The van der Waals surface area contributed by atoms with Gasteiger partial charge < -0.3 is 5.32 Å². The largest absolute Gasteiger partial charge is 0.321 e. The maximum Gasteiger partial charge on any atom is 0.269 e. The van der Waals surface area contributed by atoms with Crippen LogP contribution in [-0.4, -0.2) is 15.5 Å². The highest BCUT2D eigenvalue weighted by atomic mass is 79.9. The molecule has 4 nitrogen and oxygen atoms in total. The van der Waals surface area contributed by atoms with Crippen LogP contribution in [0.2, 0.25) is 0 Å². The highest BCUT2D eigenvalue weighted by Gasteiger charge is 2.15. The smallest absolute Gasteiger partial charge is 0.269 e. The second-order valence-electron chi connectivity index (χ2n) is 3.49. The van der Waals surface area contributed by atoms with Crippen molar-refractivity contribution in [3.63, 3.8) is 0 Å². The molecule has 0 fully saturated rings. The number of benzene rings is 1. The molecule has 18 heavy (non-hydrogen) atoms. The zero-order chi connectivity index (χ0) is 13.1. The molecule has 0 saturated heterocycles. The van der Waals surface area contributed by atoms with E-state index in [-0.39, 0.29) is 11.7 Å². The van der Waals surface area contributed by atoms with Gasteiger partial charge in [-0.3, -0.25) is 4.79 Å². The predicted octanol–water partition coefficient (Wildman–Crippen LogP) is 3.25. The molecule has 0 radical (unpaired) electrons. The van der Waals surface area contributed by atoms with Gasteiger partial charge in [-0.25, -0.2) is 4.39 Å². The van der Waals surface area contributed by atoms with Gasteiger partial charge in [-0.15, -0.1) is 5.10 Å². The lowest BCUT2D eigenvalue weighted by Gasteiger charge is -2.05. The lowest BCUT2D eigenvalue weighted by Crippen LogP contribution is -2.12. The van der Waals surface area contributed by atoms with Crippen molar-refractivity contribution in [1.82, 2.24) is 9.59 Å². The zero-order valence-corrected chi connectivity index (χ0v) is 11.8. The van der Waals surface area contributed by atoms with Crippen molar-refractivity contribution < 1.29 is 9.18 Å². The molecule has 2 rings (SSSR count). The van der Waals surface area contributed by atoms with Gasteiger partial charge in [-0.1, -0.05) is 11.4 Å². The molecule has 0 atom stereocenters. The van der Waals surface area contributed by atoms with E-state index in [1.165, 1.54) is 18.2 Å². The van der Waals surface area contributed by atoms with Crippen LogP contribution in [0.4, 0.5) is 10.1 Å². The minimum absolute atomic E-state index is 0.277. The Morgan fingerprint density at radius 3 is 3.00 bits per heavy atom. The van der Waals surface area contributed by atoms with Crippen molar-refractivity contribution in [2.45, 2.75) is 13.3 Å². The Bertz CT molecular complexity index is 587. The number of aryl methyl sites for hydroxylation is 1. The third-order valence-corrected chi connectivity index (χ3v) is 3.65. The second kappa shape index (κ2) is 5.53. The molecule has 0 aliphatic carbocycles. The third kappa shape index (κ3) is 2.73. The molecule has 1 amide bonds. The Hall–Kier alpha value is -1.34. The molecule has 1 N–H and O–H groups in total. The van der Waals surface area contributed by atoms with E-state index in [0.717, 1.165) is 11.5 Å². The Morgan fingerprint density at radius 2 is 2.33 bits per heavy atom. The molecule has 7 heteroatoms. The van der Waals surface area contributed by atoms with E-state index in [1.54, 1.807) is 0 Å². The Morgan fingerprint density at radius 1 is 1.56 bits per heavy atom. The molecule has 94 valence electrons. The minimum Gasteiger partial charge on any atom is -0.321 e. The van der Waals surface area contributed by atoms with Gasteiger partial charge in [0.1, 0.15) is 10.7 Å². The first kappa shape index (κ1) is 13.1. The third-order valence-electron chi connectivity index (χ3n) is 2.27. The summed E-state index contributed by atoms with van der Waals surface area (Å²) in [6.07, 6.45) is 0.645. The van der Waals surface area contributed by atoms with Crippen molar-refractivity contribution in [3.05, 3.63) is 39.1 Å². The fourth-order valence-electron chi connectivity index (χ4n) is 1.37. The van der Waals surface area contributed by atoms with E-state index in [0.29, 0.717) is 27.2 Å². The van der Waals surface area contributed by atoms with Gasteiger partial charge in [-0.05, 0) is 52.1 Å². The Balaban J connectivity index is 2.19. The quantitative estimate of drug-likeness (QED) is 0.940. The van der Waals surface area contributed by atoms with Crippen LogP contribution >= 0.6 is 27.5 Å². The van der Waals surface area contributed by atoms with Gasteiger partial charge in [-0.2, -0.15) is 0 Å². The molecule has 0 unspecified atom stereocenters. The van der Waals surface area contributed by atoms with Crippen LogP contribution in [0.3, 0.4) is 0 Å². The fourth-order valence-corrected chi connectivity index (χ4v) is 2.40. The number of amides is 1. The summed E-state index contributed by atoms with van der Waals surface area (Å²) >= 11 is 4.11. The molecule has 1 heterocycles. The highest BCUT2D eigenvalue weighted by molar-refractivity contribution is 9.10. The van der Waals surface area contributed by atoms with E-state index in [1.807, 2.05) is 6.92 Å². The van der Waals surface area contributed by atoms with E-state index < -0.39 is 0 Å². The molecule has 0 bridgehead atoms. The van der Waals surface area contributed by atoms with E-state index in [9.17, 15) is 9.18 Å². The summed E-state index contributed by atoms with van der Waals surface area (Å²) in [7, 11) is 0. The van der Waals surface area contributed by atoms with Crippen molar-refractivity contribution in [2.24, 2.45) is 0 Å². The van der Waals surface area contributed by atoms with Crippen LogP contribution in [0.5, 0.6) is 0 Å². The lowest BCUT2D eigenvalue weighted by atomic mass is 10.2. The monoisotopic (exact) mass is 329 g/mol. The van der Waals surface area contributed by atoms with Crippen LogP contribution in [0.1, 0.15) is 22.3 Å². The van der Waals surface area contributed by atoms with Crippen molar-refractivity contribution >= 4 is 39.1 Å². The Kier molecular flexibility index (Phi) is 4.03. The molecule has 1 aromatic carbocycles. The summed E-state index contributed by atoms with van der Waals surface area (Å²) < 4.78 is 17.1. The molecule has 2 aromatic rings. The predicted molar refractivity (Wildman–Crippen MR) is 71.3 cm³/mol. The first-order valence-corrected chi connectivity index (χ1v) is 6.76. The van der Waals surface area contributed by atoms with Gasteiger partial charge in [0.2, 0.25) is 0 Å². The second-order valence-corrected chi connectivity index (χ2v) is 5.09. The number of aromatic nitrogens is 2. The normalized spacial score (nSPS) is 10.4. The average molecular weight is 330 g/mol. The zero-order valence-electron chi connectivity index (χ0n) is 9.41. The van der Waals surface area contributed by atoms with E-state index in [4.69, 9.17) is 0 Å². The fraction of sp³-hybridized carbons (Fsp3) is 0.182. The Labute approximate surface area is 116 Å². The minimum atomic E-state index is -0.373. The molecular formula is C11H9BrFN3OS. The van der Waals surface area contributed by atoms with Crippen molar-refractivity contribution in [3.8, 4) is 0 Å². The standard InChI is InChI=1S/C11H9BrFN3OS/c1-2-9-10(18-16-15-9)11(17)14-6-3-4-8(13)7(12)5-6/h3-5H,2H2,1H3,(H,14,17). The SMILES string of the molecule is CCc1nnsc1C(=O)Nc1ccc(F)c(Br)c1. The summed E-state index contributed by atoms with van der Waals surface area (Å²) in [6, 6.07) is 4.29. The van der Waals surface area contributed by atoms with Gasteiger partial charge in [0.05, 0.1) is 10.2 Å². The molecule has 0 spiro atoms. The summed E-state index contributed by atoms with van der Waals surface area (Å²) in [5, 5.41) is 6.55. The van der Waals surface area contributed by atoms with Crippen molar-refractivity contribution in [1.29, 1.82) is 0 Å². The van der Waals surface area contributed by atoms with Crippen LogP contribution < -0.4 is 5.32 Å². The summed E-state index contributed by atoms with van der Waals surface area (Å²) in [4.78, 5) is 12.4. The molecule has 0 aliphatic heterocycles. The van der Waals surface area contributed by atoms with Gasteiger partial charge >= 0.3 is 0 Å². The molecular weight excluding hydrogens is 321 g/mol. The van der Waals surface area contributed by atoms with Crippen LogP contribution in [0.25, 0.3) is 0 Å². The summed E-state index contributed by atoms with van der Waals surface area (Å²) in [6.45, 7) is 1.90. The van der Waals surface area contributed by atoms with E-state index >= 15 is 0 Å². The maximum atomic E-state index is 13.1. The maximum absolute atomic E-state index is 13.1. The number of carbonyl (C=O) groups excluding carboxylic acids is 1. The number of nitrogens with zero attached hydrogens (tertiary/aromatic N) is 2. The molecule has 1 aromatic heterocycles. The summed E-state index contributed by atoms with van der Waals surface area (Å²) in [5.41, 5.74) is 1.18. The first-order chi connectivity index (χ1) is 8.61. The molecule has 0 saturated carbocycles. The van der Waals surface area contributed by atoms with E-state index in [2.05, 4.69) is 30.8 Å². The number of nitrogens with one attached hydrogen (secondary N) is 1. The van der Waals surface area contributed by atoms with Crippen molar-refractivity contribution in [2.75, 3.05) is 5.32 Å². The number of anilines is 1. The topological polar surface area (TPSA) is 54.9 Å². The van der Waals surface area contributed by atoms with Gasteiger partial charge in [0.15, 0.2) is 0 Å². The number of hydrogen-bond acceptors (Lipinski definition) is 4. The number of carbonyl (C=O) groups is 1. The van der Waals surface area contributed by atoms with Gasteiger partial charge in [0.25, 0.3) is 5.91 Å². The van der Waals surface area contributed by atoms with Crippen LogP contribution in [0, 0.1) is 5.82 Å². The lowest BCUT2D eigenvalue weighted by molar-refractivity contribution is 0.102. The summed E-state index contributed by atoms with van der Waals surface area (Å²) in [5.74, 6) is -0.651. The number of hydrogen-bond donors (Lipinski definition) is 1. The molecule has 0 aliphatic rings. The van der Waals surface area contributed by atoms with Crippen LogP contribution in [-0.2, 0) is 6.42 Å². The highest BCUT2D eigenvalue weighted by Crippen LogP contribution is 2.21.